The number of aromatic nitrogens is 1. The van der Waals surface area contributed by atoms with Crippen molar-refractivity contribution in [3.05, 3.63) is 23.9 Å². The first-order valence-corrected chi connectivity index (χ1v) is 9.18. The largest absolute Gasteiger partial charge is 0.477 e. The molecule has 1 aromatic heterocycles. The first kappa shape index (κ1) is 23.3. The van der Waals surface area contributed by atoms with E-state index in [0.29, 0.717) is 44.7 Å². The highest BCUT2D eigenvalue weighted by Crippen LogP contribution is 2.16. The molecule has 0 spiro atoms. The lowest BCUT2D eigenvalue weighted by molar-refractivity contribution is 0.0963. The van der Waals surface area contributed by atoms with Gasteiger partial charge in [-0.25, -0.2) is 14.8 Å². The number of carbonyl (C=O) groups excluding carboxylic acids is 1. The van der Waals surface area contributed by atoms with Crippen LogP contribution in [-0.2, 0) is 11.3 Å². The molecule has 1 fully saturated rings. The molecule has 1 amide bonds. The van der Waals surface area contributed by atoms with E-state index in [1.165, 1.54) is 0 Å². The summed E-state index contributed by atoms with van der Waals surface area (Å²) in [5.74, 6) is 0.999. The molecule has 1 saturated heterocycles. The summed E-state index contributed by atoms with van der Waals surface area (Å²) in [5.41, 5.74) is 6.92. The third-order valence-corrected chi connectivity index (χ3v) is 4.09. The third kappa shape index (κ3) is 7.77. The van der Waals surface area contributed by atoms with Crippen LogP contribution in [-0.4, -0.2) is 54.3 Å². The number of amides is 1. The van der Waals surface area contributed by atoms with Crippen molar-refractivity contribution in [3.8, 4) is 5.88 Å². The number of aliphatic imine (C=N–C) groups is 1. The number of nitrogens with two attached hydrogens (primary N) is 1. The molecule has 152 valence electrons. The second kappa shape index (κ2) is 12.6. The molecular weight excluding hydrogens is 461 g/mol. The van der Waals surface area contributed by atoms with Crippen LogP contribution in [0.2, 0.25) is 0 Å². The Morgan fingerprint density at radius 1 is 1.41 bits per heavy atom. The fraction of sp³-hybridized carbons (Fsp3) is 0.611. The highest BCUT2D eigenvalue weighted by molar-refractivity contribution is 14.0. The number of rotatable bonds is 7. The van der Waals surface area contributed by atoms with Crippen molar-refractivity contribution < 1.29 is 14.3 Å². The summed E-state index contributed by atoms with van der Waals surface area (Å²) in [7, 11) is 0. The molecule has 0 radical (unpaired) electrons. The minimum Gasteiger partial charge on any atom is -0.477 e. The zero-order chi connectivity index (χ0) is 18.8. The van der Waals surface area contributed by atoms with E-state index < -0.39 is 0 Å². The molecule has 1 aliphatic heterocycles. The zero-order valence-electron chi connectivity index (χ0n) is 16.0. The van der Waals surface area contributed by atoms with Gasteiger partial charge in [-0.2, -0.15) is 0 Å². The van der Waals surface area contributed by atoms with Gasteiger partial charge < -0.3 is 25.4 Å². The fourth-order valence-corrected chi connectivity index (χ4v) is 2.72. The summed E-state index contributed by atoms with van der Waals surface area (Å²) in [4.78, 5) is 22.1. The predicted octanol–water partition coefficient (Wildman–Crippen LogP) is 2.51. The van der Waals surface area contributed by atoms with E-state index in [2.05, 4.69) is 22.2 Å². The minimum absolute atomic E-state index is 0. The lowest BCUT2D eigenvalue weighted by Crippen LogP contribution is -2.48. The average Bonchev–Trinajstić information content (AvgIpc) is 2.66. The number of ether oxygens (including phenoxy) is 2. The van der Waals surface area contributed by atoms with Gasteiger partial charge in [0.2, 0.25) is 5.88 Å². The lowest BCUT2D eigenvalue weighted by Gasteiger charge is -2.31. The summed E-state index contributed by atoms with van der Waals surface area (Å²) in [6.45, 7) is 6.60. The maximum Gasteiger partial charge on any atom is 0.409 e. The molecule has 0 unspecified atom stereocenters. The van der Waals surface area contributed by atoms with Crippen molar-refractivity contribution in [2.24, 2.45) is 10.7 Å². The summed E-state index contributed by atoms with van der Waals surface area (Å²) in [6.07, 6.45) is 4.01. The molecule has 2 rings (SSSR count). The van der Waals surface area contributed by atoms with Crippen LogP contribution in [0.3, 0.4) is 0 Å². The minimum atomic E-state index is -0.247. The highest BCUT2D eigenvalue weighted by atomic mass is 127. The molecule has 0 atom stereocenters. The lowest BCUT2D eigenvalue weighted by atomic mass is 10.1. The number of carbonyl (C=O) groups is 1. The Kier molecular flexibility index (Phi) is 10.8. The van der Waals surface area contributed by atoms with Gasteiger partial charge >= 0.3 is 6.09 Å². The molecule has 0 aromatic carbocycles. The van der Waals surface area contributed by atoms with Gasteiger partial charge in [0.1, 0.15) is 0 Å². The normalized spacial score (nSPS) is 15.0. The van der Waals surface area contributed by atoms with Crippen LogP contribution >= 0.6 is 24.0 Å². The number of hydrogen-bond acceptors (Lipinski definition) is 5. The second-order valence-electron chi connectivity index (χ2n) is 6.12. The average molecular weight is 491 g/mol. The van der Waals surface area contributed by atoms with Crippen LogP contribution in [0, 0.1) is 0 Å². The van der Waals surface area contributed by atoms with Crippen LogP contribution in [0.5, 0.6) is 5.88 Å². The number of halogens is 1. The Morgan fingerprint density at radius 3 is 2.81 bits per heavy atom. The van der Waals surface area contributed by atoms with Gasteiger partial charge in [0.25, 0.3) is 0 Å². The van der Waals surface area contributed by atoms with E-state index in [0.717, 1.165) is 24.8 Å². The number of nitrogens with one attached hydrogen (secondary N) is 1. The van der Waals surface area contributed by atoms with Crippen LogP contribution < -0.4 is 15.8 Å². The molecule has 27 heavy (non-hydrogen) atoms. The molecule has 2 heterocycles. The van der Waals surface area contributed by atoms with Gasteiger partial charge in [-0.15, -0.1) is 24.0 Å². The first-order chi connectivity index (χ1) is 12.6. The Balaban J connectivity index is 0.00000364. The van der Waals surface area contributed by atoms with Crippen molar-refractivity contribution >= 4 is 36.0 Å². The summed E-state index contributed by atoms with van der Waals surface area (Å²) < 4.78 is 10.7. The van der Waals surface area contributed by atoms with Gasteiger partial charge in [0.05, 0.1) is 19.8 Å². The number of likely N-dealkylation sites (tertiary alicyclic amines) is 1. The van der Waals surface area contributed by atoms with E-state index in [4.69, 9.17) is 15.2 Å². The Hall–Kier alpha value is -1.78. The second-order valence-corrected chi connectivity index (χ2v) is 6.12. The number of hydrogen-bond donors (Lipinski definition) is 2. The van der Waals surface area contributed by atoms with Crippen molar-refractivity contribution in [1.82, 2.24) is 15.2 Å². The predicted molar refractivity (Wildman–Crippen MR) is 116 cm³/mol. The summed E-state index contributed by atoms with van der Waals surface area (Å²) in [5, 5.41) is 3.23. The summed E-state index contributed by atoms with van der Waals surface area (Å²) >= 11 is 0. The van der Waals surface area contributed by atoms with E-state index in [-0.39, 0.29) is 36.1 Å². The SMILES string of the molecule is CCCOc1ncccc1CN=C(N)NC1CCN(C(=O)OCC)CC1.I. The third-order valence-electron chi connectivity index (χ3n) is 4.09. The molecule has 0 saturated carbocycles. The van der Waals surface area contributed by atoms with Gasteiger partial charge in [-0.05, 0) is 32.3 Å². The molecule has 0 aliphatic carbocycles. The number of piperidine rings is 1. The Bertz CT molecular complexity index is 606. The molecular formula is C18H30IN5O3. The quantitative estimate of drug-likeness (QED) is 0.345. The topological polar surface area (TPSA) is 102 Å². The van der Waals surface area contributed by atoms with Gasteiger partial charge in [0.15, 0.2) is 5.96 Å². The van der Waals surface area contributed by atoms with Crippen LogP contribution in [0.4, 0.5) is 4.79 Å². The smallest absolute Gasteiger partial charge is 0.409 e. The standard InChI is InChI=1S/C18H29N5O3.HI/c1-3-12-26-16-14(6-5-9-20-16)13-21-17(19)22-15-7-10-23(11-8-15)18(24)25-4-2;/h5-6,9,15H,3-4,7-8,10-13H2,1-2H3,(H3,19,21,22);1H. The molecule has 3 N–H and O–H groups in total. The first-order valence-electron chi connectivity index (χ1n) is 9.18. The van der Waals surface area contributed by atoms with Gasteiger partial charge in [-0.1, -0.05) is 13.0 Å². The van der Waals surface area contributed by atoms with Crippen LogP contribution in [0.25, 0.3) is 0 Å². The van der Waals surface area contributed by atoms with E-state index in [9.17, 15) is 4.79 Å². The number of nitrogens with zero attached hydrogens (tertiary/aromatic N) is 3. The number of guanidine groups is 1. The van der Waals surface area contributed by atoms with Crippen molar-refractivity contribution in [1.29, 1.82) is 0 Å². The molecule has 9 heteroatoms. The van der Waals surface area contributed by atoms with E-state index in [1.54, 1.807) is 11.1 Å². The van der Waals surface area contributed by atoms with Crippen LogP contribution in [0.1, 0.15) is 38.7 Å². The van der Waals surface area contributed by atoms with Crippen molar-refractivity contribution in [3.63, 3.8) is 0 Å². The monoisotopic (exact) mass is 491 g/mol. The molecule has 0 bridgehead atoms. The Morgan fingerprint density at radius 2 is 2.15 bits per heavy atom. The van der Waals surface area contributed by atoms with Gasteiger partial charge in [0, 0.05) is 30.9 Å². The molecule has 1 aromatic rings. The van der Waals surface area contributed by atoms with Crippen LogP contribution in [0.15, 0.2) is 23.3 Å². The van der Waals surface area contributed by atoms with E-state index >= 15 is 0 Å². The maximum absolute atomic E-state index is 11.7. The van der Waals surface area contributed by atoms with Crippen molar-refractivity contribution in [2.75, 3.05) is 26.3 Å². The van der Waals surface area contributed by atoms with Gasteiger partial charge in [-0.3, -0.25) is 0 Å². The highest BCUT2D eigenvalue weighted by Gasteiger charge is 2.23. The van der Waals surface area contributed by atoms with Crippen molar-refractivity contribution in [2.45, 2.75) is 45.7 Å². The fourth-order valence-electron chi connectivity index (χ4n) is 2.72. The maximum atomic E-state index is 11.7. The summed E-state index contributed by atoms with van der Waals surface area (Å²) in [6, 6.07) is 4.00. The number of pyridine rings is 1. The molecule has 8 nitrogen and oxygen atoms in total. The molecule has 1 aliphatic rings. The van der Waals surface area contributed by atoms with E-state index in [1.807, 2.05) is 19.1 Å². The zero-order valence-corrected chi connectivity index (χ0v) is 18.3. The Labute approximate surface area is 177 Å².